The predicted molar refractivity (Wildman–Crippen MR) is 103 cm³/mol. The number of pyridine rings is 1. The van der Waals surface area contributed by atoms with Gasteiger partial charge in [-0.05, 0) is 43.2 Å². The molecule has 2 aromatic carbocycles. The Kier molecular flexibility index (Phi) is 5.16. The molecule has 0 aliphatic carbocycles. The van der Waals surface area contributed by atoms with Gasteiger partial charge in [0.25, 0.3) is 0 Å². The van der Waals surface area contributed by atoms with Crippen LogP contribution in [0.5, 0.6) is 11.5 Å². The molecular weight excluding hydrogens is 346 g/mol. The van der Waals surface area contributed by atoms with Crippen molar-refractivity contribution in [2.45, 2.75) is 27.0 Å². The SMILES string of the molecule is CCn1cc(C(=O)O)c(=O)c2ccc(C)c(OCc3ccc(OC)cc3)c21. The molecular formula is C21H21NO5. The molecule has 0 atom stereocenters. The van der Waals surface area contributed by atoms with Crippen LogP contribution in [0, 0.1) is 6.92 Å². The monoisotopic (exact) mass is 367 g/mol. The van der Waals surface area contributed by atoms with E-state index >= 15 is 0 Å². The second kappa shape index (κ2) is 7.53. The van der Waals surface area contributed by atoms with Gasteiger partial charge in [0.05, 0.1) is 18.0 Å². The van der Waals surface area contributed by atoms with Gasteiger partial charge in [0.2, 0.25) is 5.43 Å². The minimum Gasteiger partial charge on any atom is -0.497 e. The third-order valence-electron chi connectivity index (χ3n) is 4.50. The minimum absolute atomic E-state index is 0.241. The lowest BCUT2D eigenvalue weighted by atomic mass is 10.1. The molecule has 0 aliphatic heterocycles. The zero-order chi connectivity index (χ0) is 19.6. The number of carboxylic acid groups (broad SMARTS) is 1. The molecule has 27 heavy (non-hydrogen) atoms. The van der Waals surface area contributed by atoms with Crippen LogP contribution in [0.2, 0.25) is 0 Å². The first kappa shape index (κ1) is 18.5. The summed E-state index contributed by atoms with van der Waals surface area (Å²) in [5.41, 5.74) is 1.70. The molecule has 0 unspecified atom stereocenters. The average molecular weight is 367 g/mol. The summed E-state index contributed by atoms with van der Waals surface area (Å²) in [4.78, 5) is 24.0. The lowest BCUT2D eigenvalue weighted by molar-refractivity contribution is 0.0695. The molecule has 3 aromatic rings. The summed E-state index contributed by atoms with van der Waals surface area (Å²) in [6.07, 6.45) is 1.38. The fourth-order valence-electron chi connectivity index (χ4n) is 3.03. The molecule has 0 amide bonds. The number of aromatic nitrogens is 1. The van der Waals surface area contributed by atoms with Crippen molar-refractivity contribution >= 4 is 16.9 Å². The number of hydrogen-bond acceptors (Lipinski definition) is 4. The molecule has 0 bridgehead atoms. The number of nitrogens with zero attached hydrogens (tertiary/aromatic N) is 1. The highest BCUT2D eigenvalue weighted by atomic mass is 16.5. The van der Waals surface area contributed by atoms with Crippen molar-refractivity contribution in [2.75, 3.05) is 7.11 Å². The maximum Gasteiger partial charge on any atom is 0.341 e. The fourth-order valence-corrected chi connectivity index (χ4v) is 3.03. The number of carbonyl (C=O) groups is 1. The molecule has 0 saturated heterocycles. The summed E-state index contributed by atoms with van der Waals surface area (Å²) in [5.74, 6) is 0.116. The van der Waals surface area contributed by atoms with Crippen molar-refractivity contribution in [3.63, 3.8) is 0 Å². The van der Waals surface area contributed by atoms with Crippen molar-refractivity contribution in [1.82, 2.24) is 4.57 Å². The predicted octanol–water partition coefficient (Wildman–Crippen LogP) is 3.62. The molecule has 6 nitrogen and oxygen atoms in total. The average Bonchev–Trinajstić information content (AvgIpc) is 2.67. The van der Waals surface area contributed by atoms with Gasteiger partial charge >= 0.3 is 5.97 Å². The maximum absolute atomic E-state index is 12.6. The number of carboxylic acids is 1. The third-order valence-corrected chi connectivity index (χ3v) is 4.50. The summed E-state index contributed by atoms with van der Waals surface area (Å²) in [6.45, 7) is 4.63. The molecule has 0 saturated carbocycles. The van der Waals surface area contributed by atoms with Crippen molar-refractivity contribution in [1.29, 1.82) is 0 Å². The molecule has 140 valence electrons. The van der Waals surface area contributed by atoms with Crippen molar-refractivity contribution in [3.05, 3.63) is 69.5 Å². The van der Waals surface area contributed by atoms with Crippen molar-refractivity contribution < 1.29 is 19.4 Å². The Hall–Kier alpha value is -3.28. The highest BCUT2D eigenvalue weighted by molar-refractivity contribution is 5.94. The first-order valence-electron chi connectivity index (χ1n) is 8.62. The number of fused-ring (bicyclic) bond motifs is 1. The van der Waals surface area contributed by atoms with Crippen LogP contribution in [-0.2, 0) is 13.2 Å². The molecule has 1 heterocycles. The highest BCUT2D eigenvalue weighted by Gasteiger charge is 2.18. The summed E-state index contributed by atoms with van der Waals surface area (Å²) in [6, 6.07) is 11.0. The molecule has 1 aromatic heterocycles. The quantitative estimate of drug-likeness (QED) is 0.720. The van der Waals surface area contributed by atoms with E-state index in [1.165, 1.54) is 6.20 Å². The molecule has 3 rings (SSSR count). The van der Waals surface area contributed by atoms with E-state index in [2.05, 4.69) is 0 Å². The van der Waals surface area contributed by atoms with Gasteiger partial charge in [-0.1, -0.05) is 18.2 Å². The van der Waals surface area contributed by atoms with E-state index in [9.17, 15) is 14.7 Å². The first-order chi connectivity index (χ1) is 13.0. The smallest absolute Gasteiger partial charge is 0.341 e. The number of ether oxygens (including phenoxy) is 2. The highest BCUT2D eigenvalue weighted by Crippen LogP contribution is 2.29. The molecule has 1 N–H and O–H groups in total. The van der Waals surface area contributed by atoms with Gasteiger partial charge in [-0.2, -0.15) is 0 Å². The Morgan fingerprint density at radius 1 is 1.15 bits per heavy atom. The van der Waals surface area contributed by atoms with E-state index in [0.717, 1.165) is 16.9 Å². The van der Waals surface area contributed by atoms with Crippen molar-refractivity contribution in [2.24, 2.45) is 0 Å². The zero-order valence-electron chi connectivity index (χ0n) is 15.5. The molecule has 0 fully saturated rings. The Balaban J connectivity index is 2.08. The van der Waals surface area contributed by atoms with E-state index in [1.807, 2.05) is 38.1 Å². The molecule has 0 aliphatic rings. The van der Waals surface area contributed by atoms with Gasteiger partial charge in [-0.3, -0.25) is 4.79 Å². The Morgan fingerprint density at radius 3 is 2.44 bits per heavy atom. The zero-order valence-corrected chi connectivity index (χ0v) is 15.5. The van der Waals surface area contributed by atoms with Crippen LogP contribution in [0.4, 0.5) is 0 Å². The number of methoxy groups -OCH3 is 1. The van der Waals surface area contributed by atoms with Crippen LogP contribution < -0.4 is 14.9 Å². The first-order valence-corrected chi connectivity index (χ1v) is 8.62. The number of benzene rings is 2. The number of aryl methyl sites for hydroxylation is 2. The Morgan fingerprint density at radius 2 is 1.85 bits per heavy atom. The van der Waals surface area contributed by atoms with E-state index in [1.54, 1.807) is 23.8 Å². The maximum atomic E-state index is 12.6. The largest absolute Gasteiger partial charge is 0.497 e. The standard InChI is InChI=1S/C21H21NO5/c1-4-22-11-17(21(24)25)19(23)16-10-5-13(2)20(18(16)22)27-12-14-6-8-15(26-3)9-7-14/h5-11H,4,12H2,1-3H3,(H,24,25). The summed E-state index contributed by atoms with van der Waals surface area (Å²) in [7, 11) is 1.61. The lowest BCUT2D eigenvalue weighted by Crippen LogP contribution is -2.19. The Labute approximate surface area is 156 Å². The van der Waals surface area contributed by atoms with Crippen LogP contribution in [-0.4, -0.2) is 22.8 Å². The van der Waals surface area contributed by atoms with E-state index in [-0.39, 0.29) is 5.56 Å². The normalized spacial score (nSPS) is 10.8. The van der Waals surface area contributed by atoms with Gasteiger partial charge in [-0.15, -0.1) is 0 Å². The van der Waals surface area contributed by atoms with Gasteiger partial charge in [0.15, 0.2) is 0 Å². The second-order valence-electron chi connectivity index (χ2n) is 6.21. The summed E-state index contributed by atoms with van der Waals surface area (Å²) < 4.78 is 13.0. The third kappa shape index (κ3) is 3.51. The van der Waals surface area contributed by atoms with Crippen LogP contribution >= 0.6 is 0 Å². The molecule has 6 heteroatoms. The van der Waals surface area contributed by atoms with Crippen LogP contribution in [0.1, 0.15) is 28.4 Å². The fraction of sp³-hybridized carbons (Fsp3) is 0.238. The lowest BCUT2D eigenvalue weighted by Gasteiger charge is -2.17. The van der Waals surface area contributed by atoms with Gasteiger partial charge < -0.3 is 19.1 Å². The topological polar surface area (TPSA) is 77.8 Å². The van der Waals surface area contributed by atoms with E-state index < -0.39 is 11.4 Å². The summed E-state index contributed by atoms with van der Waals surface area (Å²) in [5, 5.41) is 9.65. The number of aromatic carboxylic acids is 1. The van der Waals surface area contributed by atoms with Crippen molar-refractivity contribution in [3.8, 4) is 11.5 Å². The minimum atomic E-state index is -1.23. The van der Waals surface area contributed by atoms with Crippen LogP contribution in [0.15, 0.2) is 47.4 Å². The van der Waals surface area contributed by atoms with Gasteiger partial charge in [0.1, 0.15) is 23.7 Å². The van der Waals surface area contributed by atoms with E-state index in [0.29, 0.717) is 29.8 Å². The number of rotatable bonds is 6. The van der Waals surface area contributed by atoms with E-state index in [4.69, 9.17) is 9.47 Å². The number of hydrogen-bond donors (Lipinski definition) is 1. The second-order valence-corrected chi connectivity index (χ2v) is 6.21. The van der Waals surface area contributed by atoms with Crippen LogP contribution in [0.25, 0.3) is 10.9 Å². The molecule has 0 radical (unpaired) electrons. The van der Waals surface area contributed by atoms with Gasteiger partial charge in [-0.25, -0.2) is 4.79 Å². The summed E-state index contributed by atoms with van der Waals surface area (Å²) >= 11 is 0. The Bertz CT molecular complexity index is 1050. The van der Waals surface area contributed by atoms with Crippen LogP contribution in [0.3, 0.4) is 0 Å². The molecule has 0 spiro atoms. The van der Waals surface area contributed by atoms with Gasteiger partial charge in [0, 0.05) is 12.7 Å².